The summed E-state index contributed by atoms with van der Waals surface area (Å²) in [4.78, 5) is 2.47. The molecule has 1 saturated heterocycles. The normalized spacial score (nSPS) is 15.8. The standard InChI is InChI=1S/C27H28ClN3O4S/c1-34-25-4-2-3-23(17-25)27(35-20-22-7-5-21(18-29)6-8-22)19-30-13-15-31(16-14-30)36(32,33)26-11-9-24(28)10-12-26/h2-12,17,27H,13-16,19-20H2,1H3/t27-/m0/s1. The maximum Gasteiger partial charge on any atom is 0.243 e. The number of ether oxygens (including phenoxy) is 2. The molecule has 3 aromatic carbocycles. The third-order valence-corrected chi connectivity index (χ3v) is 8.37. The molecule has 4 rings (SSSR count). The van der Waals surface area contributed by atoms with Crippen molar-refractivity contribution in [3.8, 4) is 11.8 Å². The Morgan fingerprint density at radius 3 is 2.33 bits per heavy atom. The highest BCUT2D eigenvalue weighted by Crippen LogP contribution is 2.26. The molecule has 9 heteroatoms. The van der Waals surface area contributed by atoms with Gasteiger partial charge in [-0.15, -0.1) is 0 Å². The summed E-state index contributed by atoms with van der Waals surface area (Å²) >= 11 is 5.92. The number of rotatable bonds is 9. The van der Waals surface area contributed by atoms with Gasteiger partial charge in [-0.05, 0) is 59.7 Å². The minimum Gasteiger partial charge on any atom is -0.497 e. The van der Waals surface area contributed by atoms with E-state index in [-0.39, 0.29) is 11.0 Å². The molecule has 188 valence electrons. The highest BCUT2D eigenvalue weighted by molar-refractivity contribution is 7.89. The number of sulfonamides is 1. The van der Waals surface area contributed by atoms with Crippen LogP contribution in [0.5, 0.6) is 5.75 Å². The molecule has 0 radical (unpaired) electrons. The summed E-state index contributed by atoms with van der Waals surface area (Å²) in [6.45, 7) is 2.97. The number of piperazine rings is 1. The highest BCUT2D eigenvalue weighted by atomic mass is 35.5. The van der Waals surface area contributed by atoms with Gasteiger partial charge in [0.05, 0.1) is 36.3 Å². The summed E-state index contributed by atoms with van der Waals surface area (Å²) in [5.74, 6) is 0.748. The highest BCUT2D eigenvalue weighted by Gasteiger charge is 2.29. The lowest BCUT2D eigenvalue weighted by Crippen LogP contribution is -2.49. The Morgan fingerprint density at radius 1 is 1.00 bits per heavy atom. The summed E-state index contributed by atoms with van der Waals surface area (Å²) in [6.07, 6.45) is -0.241. The Kier molecular flexibility index (Phi) is 8.62. The van der Waals surface area contributed by atoms with Crippen LogP contribution in [0.15, 0.2) is 77.7 Å². The maximum atomic E-state index is 13.0. The van der Waals surface area contributed by atoms with E-state index >= 15 is 0 Å². The van der Waals surface area contributed by atoms with Crippen LogP contribution < -0.4 is 4.74 Å². The molecule has 1 aliphatic heterocycles. The van der Waals surface area contributed by atoms with Crippen molar-refractivity contribution in [2.45, 2.75) is 17.6 Å². The van der Waals surface area contributed by atoms with Gasteiger partial charge in [0, 0.05) is 37.7 Å². The first kappa shape index (κ1) is 26.1. The van der Waals surface area contributed by atoms with Crippen LogP contribution in [0.2, 0.25) is 5.02 Å². The van der Waals surface area contributed by atoms with Crippen molar-refractivity contribution in [2.75, 3.05) is 39.8 Å². The average molecular weight is 526 g/mol. The van der Waals surface area contributed by atoms with Crippen LogP contribution in [0.3, 0.4) is 0 Å². The molecule has 0 saturated carbocycles. The molecule has 0 aliphatic carbocycles. The van der Waals surface area contributed by atoms with Crippen LogP contribution in [0.4, 0.5) is 0 Å². The summed E-state index contributed by atoms with van der Waals surface area (Å²) < 4.78 is 39.3. The summed E-state index contributed by atoms with van der Waals surface area (Å²) in [7, 11) is -1.94. The van der Waals surface area contributed by atoms with E-state index in [2.05, 4.69) is 11.0 Å². The monoisotopic (exact) mass is 525 g/mol. The van der Waals surface area contributed by atoms with Crippen molar-refractivity contribution in [2.24, 2.45) is 0 Å². The quantitative estimate of drug-likeness (QED) is 0.409. The van der Waals surface area contributed by atoms with Gasteiger partial charge in [-0.3, -0.25) is 4.90 Å². The topological polar surface area (TPSA) is 82.9 Å². The number of nitrogens with zero attached hydrogens (tertiary/aromatic N) is 3. The molecule has 1 fully saturated rings. The Bertz CT molecular complexity index is 1300. The number of hydrogen-bond acceptors (Lipinski definition) is 6. The van der Waals surface area contributed by atoms with Crippen LogP contribution in [0, 0.1) is 11.3 Å². The molecule has 0 aromatic heterocycles. The number of methoxy groups -OCH3 is 1. The van der Waals surface area contributed by atoms with Gasteiger partial charge in [0.2, 0.25) is 10.0 Å². The fourth-order valence-electron chi connectivity index (χ4n) is 4.11. The van der Waals surface area contributed by atoms with Crippen molar-refractivity contribution in [1.29, 1.82) is 5.26 Å². The second-order valence-corrected chi connectivity index (χ2v) is 10.9. The molecule has 0 bridgehead atoms. The minimum atomic E-state index is -3.57. The molecule has 36 heavy (non-hydrogen) atoms. The van der Waals surface area contributed by atoms with E-state index in [1.165, 1.54) is 4.31 Å². The van der Waals surface area contributed by atoms with E-state index in [0.29, 0.717) is 49.9 Å². The van der Waals surface area contributed by atoms with Crippen molar-refractivity contribution >= 4 is 21.6 Å². The summed E-state index contributed by atoms with van der Waals surface area (Å²) in [6, 6.07) is 23.5. The number of nitriles is 1. The zero-order valence-corrected chi connectivity index (χ0v) is 21.6. The molecule has 0 unspecified atom stereocenters. The first-order valence-electron chi connectivity index (χ1n) is 11.6. The molecule has 0 amide bonds. The fourth-order valence-corrected chi connectivity index (χ4v) is 5.66. The third-order valence-electron chi connectivity index (χ3n) is 6.21. The van der Waals surface area contributed by atoms with Crippen molar-refractivity contribution in [3.05, 3.63) is 94.5 Å². The lowest BCUT2D eigenvalue weighted by Gasteiger charge is -2.36. The van der Waals surface area contributed by atoms with Gasteiger partial charge in [0.25, 0.3) is 0 Å². The Morgan fingerprint density at radius 2 is 1.69 bits per heavy atom. The van der Waals surface area contributed by atoms with E-state index in [1.54, 1.807) is 43.5 Å². The molecule has 0 spiro atoms. The fraction of sp³-hybridized carbons (Fsp3) is 0.296. The van der Waals surface area contributed by atoms with Gasteiger partial charge in [0.15, 0.2) is 0 Å². The van der Waals surface area contributed by atoms with Gasteiger partial charge in [-0.1, -0.05) is 35.9 Å². The molecule has 1 atom stereocenters. The van der Waals surface area contributed by atoms with E-state index < -0.39 is 10.0 Å². The lowest BCUT2D eigenvalue weighted by molar-refractivity contribution is 0.00763. The largest absolute Gasteiger partial charge is 0.497 e. The van der Waals surface area contributed by atoms with Crippen LogP contribution in [-0.4, -0.2) is 57.5 Å². The maximum absolute atomic E-state index is 13.0. The number of halogens is 1. The van der Waals surface area contributed by atoms with Crippen LogP contribution >= 0.6 is 11.6 Å². The van der Waals surface area contributed by atoms with E-state index in [0.717, 1.165) is 16.9 Å². The SMILES string of the molecule is COc1cccc([C@H](CN2CCN(S(=O)(=O)c3ccc(Cl)cc3)CC2)OCc2ccc(C#N)cc2)c1. The average Bonchev–Trinajstić information content (AvgIpc) is 2.92. The van der Waals surface area contributed by atoms with Gasteiger partial charge in [0.1, 0.15) is 5.75 Å². The minimum absolute atomic E-state index is 0.241. The lowest BCUT2D eigenvalue weighted by atomic mass is 10.1. The van der Waals surface area contributed by atoms with Gasteiger partial charge in [-0.2, -0.15) is 9.57 Å². The van der Waals surface area contributed by atoms with Crippen molar-refractivity contribution < 1.29 is 17.9 Å². The second kappa shape index (κ2) is 11.9. The predicted octanol–water partition coefficient (Wildman–Crippen LogP) is 4.48. The molecule has 1 aliphatic rings. The van der Waals surface area contributed by atoms with Crippen molar-refractivity contribution in [3.63, 3.8) is 0 Å². The first-order valence-corrected chi connectivity index (χ1v) is 13.4. The zero-order chi connectivity index (χ0) is 25.5. The van der Waals surface area contributed by atoms with Gasteiger partial charge >= 0.3 is 0 Å². The van der Waals surface area contributed by atoms with E-state index in [4.69, 9.17) is 26.3 Å². The van der Waals surface area contributed by atoms with Crippen LogP contribution in [-0.2, 0) is 21.4 Å². The Hall–Kier alpha value is -2.93. The predicted molar refractivity (Wildman–Crippen MR) is 138 cm³/mol. The smallest absolute Gasteiger partial charge is 0.243 e. The number of benzene rings is 3. The van der Waals surface area contributed by atoms with Gasteiger partial charge in [-0.25, -0.2) is 8.42 Å². The molecule has 3 aromatic rings. The summed E-state index contributed by atoms with van der Waals surface area (Å²) in [5.41, 5.74) is 2.56. The number of hydrogen-bond donors (Lipinski definition) is 0. The first-order chi connectivity index (χ1) is 17.4. The van der Waals surface area contributed by atoms with Crippen molar-refractivity contribution in [1.82, 2.24) is 9.21 Å². The van der Waals surface area contributed by atoms with E-state index in [9.17, 15) is 8.42 Å². The molecular formula is C27H28ClN3O4S. The third kappa shape index (κ3) is 6.44. The molecule has 0 N–H and O–H groups in total. The molecule has 1 heterocycles. The Labute approximate surface area is 217 Å². The Balaban J connectivity index is 1.43. The van der Waals surface area contributed by atoms with Crippen LogP contribution in [0.25, 0.3) is 0 Å². The second-order valence-electron chi connectivity index (χ2n) is 8.54. The molecular weight excluding hydrogens is 498 g/mol. The zero-order valence-electron chi connectivity index (χ0n) is 20.0. The summed E-state index contributed by atoms with van der Waals surface area (Å²) in [5, 5.41) is 9.53. The van der Waals surface area contributed by atoms with E-state index in [1.807, 2.05) is 36.4 Å². The van der Waals surface area contributed by atoms with Crippen LogP contribution in [0.1, 0.15) is 22.8 Å². The van der Waals surface area contributed by atoms with Gasteiger partial charge < -0.3 is 9.47 Å². The molecule has 7 nitrogen and oxygen atoms in total.